The van der Waals surface area contributed by atoms with Crippen molar-refractivity contribution in [2.75, 3.05) is 33.8 Å². The van der Waals surface area contributed by atoms with Crippen molar-refractivity contribution in [1.82, 2.24) is 10.2 Å². The lowest BCUT2D eigenvalue weighted by Gasteiger charge is -2.41. The molecule has 2 amide bonds. The Balaban J connectivity index is 1.93. The van der Waals surface area contributed by atoms with E-state index in [1.165, 1.54) is 23.1 Å². The number of benzene rings is 1. The number of nitrogens with zero attached hydrogens (tertiary/aromatic N) is 1. The number of quaternary nitrogens is 1. The van der Waals surface area contributed by atoms with Crippen molar-refractivity contribution in [2.24, 2.45) is 0 Å². The van der Waals surface area contributed by atoms with E-state index < -0.39 is 40.9 Å². The summed E-state index contributed by atoms with van der Waals surface area (Å²) < 4.78 is 46.6. The van der Waals surface area contributed by atoms with E-state index in [2.05, 4.69) is 5.32 Å². The Hall–Kier alpha value is -2.13. The van der Waals surface area contributed by atoms with Crippen LogP contribution in [0.4, 0.5) is 13.2 Å². The van der Waals surface area contributed by atoms with E-state index in [9.17, 15) is 22.8 Å². The SMILES string of the molecule is C[NH+](C)CCNC(=O)[C@@H]1COC2(CCCCC2)N1C(=O)c1ccccc1C(F)(F)F. The number of ether oxygens (including phenoxy) is 1. The highest BCUT2D eigenvalue weighted by Gasteiger charge is 2.53. The summed E-state index contributed by atoms with van der Waals surface area (Å²) in [5.74, 6) is -1.20. The van der Waals surface area contributed by atoms with Crippen LogP contribution in [0.5, 0.6) is 0 Å². The average Bonchev–Trinajstić information content (AvgIpc) is 3.05. The summed E-state index contributed by atoms with van der Waals surface area (Å²) in [7, 11) is 3.90. The first-order valence-electron chi connectivity index (χ1n) is 10.4. The maximum Gasteiger partial charge on any atom is 0.417 e. The predicted molar refractivity (Wildman–Crippen MR) is 104 cm³/mol. The van der Waals surface area contributed by atoms with Crippen molar-refractivity contribution in [2.45, 2.75) is 50.0 Å². The van der Waals surface area contributed by atoms with Gasteiger partial charge in [-0.25, -0.2) is 0 Å². The Bertz CT molecular complexity index is 776. The van der Waals surface area contributed by atoms with Gasteiger partial charge in [0.05, 0.1) is 44.9 Å². The number of hydrogen-bond acceptors (Lipinski definition) is 3. The van der Waals surface area contributed by atoms with Gasteiger partial charge in [0.15, 0.2) is 0 Å². The Morgan fingerprint density at radius 1 is 1.20 bits per heavy atom. The van der Waals surface area contributed by atoms with Gasteiger partial charge in [0, 0.05) is 0 Å². The molecule has 0 bridgehead atoms. The van der Waals surface area contributed by atoms with Crippen LogP contribution in [0.3, 0.4) is 0 Å². The topological polar surface area (TPSA) is 63.1 Å². The van der Waals surface area contributed by atoms with Crippen LogP contribution in [0.2, 0.25) is 0 Å². The monoisotopic (exact) mass is 428 g/mol. The standard InChI is InChI=1S/C21H28F3N3O3/c1-26(2)13-12-25-18(28)17-14-30-20(10-6-3-7-11-20)27(17)19(29)15-8-4-5-9-16(15)21(22,23)24/h4-5,8-9,17H,3,6-7,10-14H2,1-2H3,(H,25,28)/p+1/t17-/m0/s1. The fourth-order valence-corrected chi connectivity index (χ4v) is 4.27. The van der Waals surface area contributed by atoms with Crippen LogP contribution in [0.1, 0.15) is 48.0 Å². The molecule has 3 rings (SSSR count). The summed E-state index contributed by atoms with van der Waals surface area (Å²) in [6.45, 7) is 1.09. The highest BCUT2D eigenvalue weighted by atomic mass is 19.4. The molecule has 6 nitrogen and oxygen atoms in total. The van der Waals surface area contributed by atoms with E-state index >= 15 is 0 Å². The second kappa shape index (κ2) is 8.93. The van der Waals surface area contributed by atoms with Crippen LogP contribution in [0, 0.1) is 0 Å². The van der Waals surface area contributed by atoms with E-state index in [-0.39, 0.29) is 6.61 Å². The first-order valence-corrected chi connectivity index (χ1v) is 10.4. The van der Waals surface area contributed by atoms with E-state index in [1.54, 1.807) is 0 Å². The molecule has 166 valence electrons. The number of rotatable bonds is 5. The summed E-state index contributed by atoms with van der Waals surface area (Å²) in [5, 5.41) is 2.80. The summed E-state index contributed by atoms with van der Waals surface area (Å²) in [6.07, 6.45) is -1.09. The second-order valence-electron chi connectivity index (χ2n) is 8.30. The number of carbonyl (C=O) groups excluding carboxylic acids is 2. The normalized spacial score (nSPS) is 21.3. The van der Waals surface area contributed by atoms with E-state index in [1.807, 2.05) is 14.1 Å². The lowest BCUT2D eigenvalue weighted by molar-refractivity contribution is -0.856. The van der Waals surface area contributed by atoms with Crippen LogP contribution in [0.15, 0.2) is 24.3 Å². The van der Waals surface area contributed by atoms with E-state index in [0.717, 1.165) is 30.2 Å². The van der Waals surface area contributed by atoms with Crippen molar-refractivity contribution < 1.29 is 32.4 Å². The minimum absolute atomic E-state index is 0.0133. The number of hydrogen-bond donors (Lipinski definition) is 2. The number of halogens is 3. The van der Waals surface area contributed by atoms with Gasteiger partial charge < -0.3 is 15.0 Å². The van der Waals surface area contributed by atoms with Gasteiger partial charge in [-0.3, -0.25) is 14.5 Å². The molecule has 1 saturated heterocycles. The lowest BCUT2D eigenvalue weighted by Crippen LogP contribution is -3.06. The minimum atomic E-state index is -4.67. The van der Waals surface area contributed by atoms with Gasteiger partial charge in [0.25, 0.3) is 5.91 Å². The summed E-state index contributed by atoms with van der Waals surface area (Å²) in [4.78, 5) is 28.7. The first-order chi connectivity index (χ1) is 14.2. The zero-order chi connectivity index (χ0) is 21.9. The van der Waals surface area contributed by atoms with Gasteiger partial charge in [-0.1, -0.05) is 18.6 Å². The molecule has 30 heavy (non-hydrogen) atoms. The smallest absolute Gasteiger partial charge is 0.353 e. The maximum absolute atomic E-state index is 13.5. The summed E-state index contributed by atoms with van der Waals surface area (Å²) >= 11 is 0. The molecule has 9 heteroatoms. The molecule has 1 aromatic rings. The Kier molecular flexibility index (Phi) is 6.71. The zero-order valence-corrected chi connectivity index (χ0v) is 17.3. The number of carbonyl (C=O) groups is 2. The molecule has 1 aromatic carbocycles. The van der Waals surface area contributed by atoms with Crippen LogP contribution >= 0.6 is 0 Å². The van der Waals surface area contributed by atoms with Crippen molar-refractivity contribution in [3.8, 4) is 0 Å². The van der Waals surface area contributed by atoms with E-state index in [0.29, 0.717) is 25.9 Å². The van der Waals surface area contributed by atoms with Crippen molar-refractivity contribution in [1.29, 1.82) is 0 Å². The zero-order valence-electron chi connectivity index (χ0n) is 17.3. The lowest BCUT2D eigenvalue weighted by atomic mass is 9.89. The Morgan fingerprint density at radius 3 is 2.50 bits per heavy atom. The third kappa shape index (κ3) is 4.62. The molecule has 0 aromatic heterocycles. The number of alkyl halides is 3. The van der Waals surface area contributed by atoms with Crippen LogP contribution in [0.25, 0.3) is 0 Å². The molecule has 1 aliphatic heterocycles. The second-order valence-corrected chi connectivity index (χ2v) is 8.30. The molecule has 0 unspecified atom stereocenters. The van der Waals surface area contributed by atoms with Crippen LogP contribution in [-0.2, 0) is 15.7 Å². The number of likely N-dealkylation sites (N-methyl/N-ethyl adjacent to an activating group) is 1. The predicted octanol–water partition coefficient (Wildman–Crippen LogP) is 1.47. The van der Waals surface area contributed by atoms with Crippen molar-refractivity contribution in [3.05, 3.63) is 35.4 Å². The molecule has 2 N–H and O–H groups in total. The minimum Gasteiger partial charge on any atom is -0.353 e. The van der Waals surface area contributed by atoms with Gasteiger partial charge in [0.1, 0.15) is 11.8 Å². The van der Waals surface area contributed by atoms with Gasteiger partial charge in [0.2, 0.25) is 5.91 Å². The van der Waals surface area contributed by atoms with Crippen molar-refractivity contribution in [3.63, 3.8) is 0 Å². The third-order valence-electron chi connectivity index (χ3n) is 5.80. The summed E-state index contributed by atoms with van der Waals surface area (Å²) in [6, 6.07) is 3.78. The highest BCUT2D eigenvalue weighted by molar-refractivity contribution is 5.99. The van der Waals surface area contributed by atoms with Gasteiger partial charge >= 0.3 is 6.18 Å². The number of amides is 2. The molecule has 1 aliphatic carbocycles. The molecule has 1 heterocycles. The molecule has 1 spiro atoms. The Morgan fingerprint density at radius 2 is 1.87 bits per heavy atom. The van der Waals surface area contributed by atoms with Gasteiger partial charge in [-0.15, -0.1) is 0 Å². The van der Waals surface area contributed by atoms with Crippen LogP contribution < -0.4 is 10.2 Å². The quantitative estimate of drug-likeness (QED) is 0.747. The van der Waals surface area contributed by atoms with Crippen molar-refractivity contribution >= 4 is 11.8 Å². The average molecular weight is 428 g/mol. The van der Waals surface area contributed by atoms with Gasteiger partial charge in [-0.05, 0) is 37.8 Å². The molecule has 2 aliphatic rings. The first kappa shape index (κ1) is 22.6. The van der Waals surface area contributed by atoms with Crippen LogP contribution in [-0.4, -0.2) is 62.3 Å². The Labute approximate surface area is 174 Å². The molecule has 2 fully saturated rings. The molecule has 1 atom stereocenters. The molecule has 0 radical (unpaired) electrons. The summed E-state index contributed by atoms with van der Waals surface area (Å²) in [5.41, 5.74) is -2.47. The molecule has 1 saturated carbocycles. The number of nitrogens with one attached hydrogen (secondary N) is 2. The fraction of sp³-hybridized carbons (Fsp3) is 0.619. The third-order valence-corrected chi connectivity index (χ3v) is 5.80. The largest absolute Gasteiger partial charge is 0.417 e. The highest BCUT2D eigenvalue weighted by Crippen LogP contribution is 2.42. The maximum atomic E-state index is 13.5. The molecular formula is C21H29F3N3O3+. The van der Waals surface area contributed by atoms with E-state index in [4.69, 9.17) is 4.74 Å². The van der Waals surface area contributed by atoms with Gasteiger partial charge in [-0.2, -0.15) is 13.2 Å². The fourth-order valence-electron chi connectivity index (χ4n) is 4.27. The molecular weight excluding hydrogens is 399 g/mol.